The van der Waals surface area contributed by atoms with Crippen molar-refractivity contribution in [1.82, 2.24) is 0 Å². The van der Waals surface area contributed by atoms with E-state index in [1.165, 1.54) is 12.1 Å². The first-order valence-electron chi connectivity index (χ1n) is 7.12. The van der Waals surface area contributed by atoms with Crippen LogP contribution in [0.2, 0.25) is 0 Å². The summed E-state index contributed by atoms with van der Waals surface area (Å²) in [5.74, 6) is 0. The number of hydrogen-bond acceptors (Lipinski definition) is 2. The van der Waals surface area contributed by atoms with E-state index in [-0.39, 0.29) is 10.6 Å². The minimum Gasteiger partial charge on any atom is -0.389 e. The molecule has 1 aliphatic rings. The molecule has 2 rings (SSSR count). The minimum atomic E-state index is -4.45. The van der Waals surface area contributed by atoms with Gasteiger partial charge in [0.05, 0.1) is 5.56 Å². The molecule has 1 aliphatic heterocycles. The maximum atomic E-state index is 13.2. The molecule has 0 amide bonds. The van der Waals surface area contributed by atoms with Crippen molar-refractivity contribution in [3.63, 3.8) is 0 Å². The van der Waals surface area contributed by atoms with Crippen LogP contribution in [0.1, 0.15) is 43.7 Å². The monoisotopic (exact) mass is 316 g/mol. The molecule has 116 valence electrons. The van der Waals surface area contributed by atoms with E-state index >= 15 is 0 Å². The Morgan fingerprint density at radius 3 is 2.67 bits per heavy atom. The second-order valence-electron chi connectivity index (χ2n) is 5.34. The summed E-state index contributed by atoms with van der Waals surface area (Å²) in [7, 11) is 0. The van der Waals surface area contributed by atoms with E-state index in [0.29, 0.717) is 11.7 Å². The molecule has 0 saturated carbocycles. The third-order valence-electron chi connectivity index (χ3n) is 4.00. The Morgan fingerprint density at radius 1 is 1.38 bits per heavy atom. The summed E-state index contributed by atoms with van der Waals surface area (Å²) in [6, 6.07) is 4.57. The smallest absolute Gasteiger partial charge is 0.389 e. The first kappa shape index (κ1) is 16.1. The van der Waals surface area contributed by atoms with Crippen molar-refractivity contribution < 1.29 is 13.2 Å². The van der Waals surface area contributed by atoms with Gasteiger partial charge in [-0.1, -0.05) is 19.1 Å². The number of halogens is 3. The molecule has 1 atom stereocenters. The fraction of sp³-hybridized carbons (Fsp3) is 0.533. The van der Waals surface area contributed by atoms with Crippen LogP contribution in [0.25, 0.3) is 0 Å². The SMILES string of the molecule is CCC1CCCCN1c1ccc(C(N)=S)c(C(F)(F)F)c1. The van der Waals surface area contributed by atoms with Crippen molar-refractivity contribution in [3.05, 3.63) is 29.3 Å². The molecule has 0 bridgehead atoms. The Labute approximate surface area is 128 Å². The summed E-state index contributed by atoms with van der Waals surface area (Å²) in [6.07, 6.45) is -0.361. The fourth-order valence-electron chi connectivity index (χ4n) is 2.93. The number of nitrogens with zero attached hydrogens (tertiary/aromatic N) is 1. The van der Waals surface area contributed by atoms with E-state index in [9.17, 15) is 13.2 Å². The predicted octanol–water partition coefficient (Wildman–Crippen LogP) is 4.11. The normalized spacial score (nSPS) is 19.6. The number of anilines is 1. The number of nitrogens with two attached hydrogens (primary N) is 1. The zero-order chi connectivity index (χ0) is 15.6. The maximum absolute atomic E-state index is 13.2. The van der Waals surface area contributed by atoms with E-state index in [1.54, 1.807) is 6.07 Å². The lowest BCUT2D eigenvalue weighted by Crippen LogP contribution is -2.39. The van der Waals surface area contributed by atoms with Gasteiger partial charge in [0.2, 0.25) is 0 Å². The molecule has 0 aromatic heterocycles. The van der Waals surface area contributed by atoms with Crippen LogP contribution in [-0.2, 0) is 6.18 Å². The van der Waals surface area contributed by atoms with Crippen molar-refractivity contribution in [3.8, 4) is 0 Å². The van der Waals surface area contributed by atoms with E-state index in [4.69, 9.17) is 18.0 Å². The van der Waals surface area contributed by atoms with Gasteiger partial charge in [0, 0.05) is 23.8 Å². The fourth-order valence-corrected chi connectivity index (χ4v) is 3.10. The quantitative estimate of drug-likeness (QED) is 0.851. The molecule has 2 nitrogen and oxygen atoms in total. The summed E-state index contributed by atoms with van der Waals surface area (Å²) in [5.41, 5.74) is 5.17. The largest absolute Gasteiger partial charge is 0.417 e. The van der Waals surface area contributed by atoms with Gasteiger partial charge in [-0.15, -0.1) is 0 Å². The zero-order valence-corrected chi connectivity index (χ0v) is 12.7. The Kier molecular flexibility index (Phi) is 4.76. The molecule has 1 aromatic rings. The third-order valence-corrected chi connectivity index (χ3v) is 4.22. The molecule has 6 heteroatoms. The first-order chi connectivity index (χ1) is 9.84. The van der Waals surface area contributed by atoms with Crippen LogP contribution >= 0.6 is 12.2 Å². The lowest BCUT2D eigenvalue weighted by atomic mass is 9.97. The van der Waals surface area contributed by atoms with Gasteiger partial charge in [-0.3, -0.25) is 0 Å². The lowest BCUT2D eigenvalue weighted by molar-refractivity contribution is -0.137. The molecule has 0 radical (unpaired) electrons. The zero-order valence-electron chi connectivity index (χ0n) is 11.9. The van der Waals surface area contributed by atoms with Gasteiger partial charge in [0.25, 0.3) is 0 Å². The lowest BCUT2D eigenvalue weighted by Gasteiger charge is -2.37. The summed E-state index contributed by atoms with van der Waals surface area (Å²) >= 11 is 4.73. The Balaban J connectivity index is 2.44. The highest BCUT2D eigenvalue weighted by Crippen LogP contribution is 2.36. The number of hydrogen-bond donors (Lipinski definition) is 1. The molecular weight excluding hydrogens is 297 g/mol. The van der Waals surface area contributed by atoms with Crippen molar-refractivity contribution >= 4 is 22.9 Å². The second-order valence-corrected chi connectivity index (χ2v) is 5.78. The molecule has 1 saturated heterocycles. The van der Waals surface area contributed by atoms with Gasteiger partial charge in [-0.2, -0.15) is 13.2 Å². The van der Waals surface area contributed by atoms with Crippen LogP contribution in [0.5, 0.6) is 0 Å². The van der Waals surface area contributed by atoms with E-state index in [2.05, 4.69) is 11.8 Å². The van der Waals surface area contributed by atoms with Crippen LogP contribution in [0, 0.1) is 0 Å². The first-order valence-corrected chi connectivity index (χ1v) is 7.53. The average Bonchev–Trinajstić information content (AvgIpc) is 2.45. The maximum Gasteiger partial charge on any atom is 0.417 e. The standard InChI is InChI=1S/C15H19F3N2S/c1-2-10-5-3-4-8-20(10)11-6-7-12(14(19)21)13(9-11)15(16,17)18/h6-7,9-10H,2-5,8H2,1H3,(H2,19,21). The molecule has 1 heterocycles. The van der Waals surface area contributed by atoms with Crippen molar-refractivity contribution in [1.29, 1.82) is 0 Å². The molecule has 0 aliphatic carbocycles. The van der Waals surface area contributed by atoms with Crippen molar-refractivity contribution in [2.75, 3.05) is 11.4 Å². The highest BCUT2D eigenvalue weighted by atomic mass is 32.1. The minimum absolute atomic E-state index is 0.105. The Morgan fingerprint density at radius 2 is 2.10 bits per heavy atom. The van der Waals surface area contributed by atoms with Crippen molar-refractivity contribution in [2.45, 2.75) is 44.8 Å². The van der Waals surface area contributed by atoms with Crippen LogP contribution in [-0.4, -0.2) is 17.6 Å². The van der Waals surface area contributed by atoms with Gasteiger partial charge in [0.1, 0.15) is 4.99 Å². The number of thiocarbonyl (C=S) groups is 1. The third kappa shape index (κ3) is 3.48. The summed E-state index contributed by atoms with van der Waals surface area (Å²) in [6.45, 7) is 2.86. The summed E-state index contributed by atoms with van der Waals surface area (Å²) in [4.78, 5) is 1.85. The molecule has 21 heavy (non-hydrogen) atoms. The molecule has 0 spiro atoms. The van der Waals surface area contributed by atoms with Crippen LogP contribution in [0.15, 0.2) is 18.2 Å². The van der Waals surface area contributed by atoms with Gasteiger partial charge in [-0.25, -0.2) is 0 Å². The summed E-state index contributed by atoms with van der Waals surface area (Å²) < 4.78 is 39.6. The van der Waals surface area contributed by atoms with E-state index in [1.807, 2.05) is 0 Å². The number of alkyl halides is 3. The molecule has 1 unspecified atom stereocenters. The average molecular weight is 316 g/mol. The number of piperidine rings is 1. The van der Waals surface area contributed by atoms with Gasteiger partial charge < -0.3 is 10.6 Å². The van der Waals surface area contributed by atoms with Gasteiger partial charge in [0.15, 0.2) is 0 Å². The number of benzene rings is 1. The van der Waals surface area contributed by atoms with Crippen molar-refractivity contribution in [2.24, 2.45) is 5.73 Å². The van der Waals surface area contributed by atoms with E-state index in [0.717, 1.165) is 32.2 Å². The molecular formula is C15H19F3N2S. The molecule has 1 fully saturated rings. The highest BCUT2D eigenvalue weighted by Gasteiger charge is 2.35. The van der Waals surface area contributed by atoms with Crippen LogP contribution in [0.3, 0.4) is 0 Å². The van der Waals surface area contributed by atoms with E-state index < -0.39 is 11.7 Å². The van der Waals surface area contributed by atoms with Crippen LogP contribution in [0.4, 0.5) is 18.9 Å². The Bertz CT molecular complexity index is 528. The van der Waals surface area contributed by atoms with Crippen LogP contribution < -0.4 is 10.6 Å². The summed E-state index contributed by atoms with van der Waals surface area (Å²) in [5, 5.41) is 0. The predicted molar refractivity (Wildman–Crippen MR) is 82.6 cm³/mol. The number of rotatable bonds is 3. The molecule has 1 aromatic carbocycles. The Hall–Kier alpha value is -1.30. The molecule has 2 N–H and O–H groups in total. The highest BCUT2D eigenvalue weighted by molar-refractivity contribution is 7.80. The second kappa shape index (κ2) is 6.22. The topological polar surface area (TPSA) is 29.3 Å². The van der Waals surface area contributed by atoms with Gasteiger partial charge in [-0.05, 0) is 43.9 Å². The van der Waals surface area contributed by atoms with Gasteiger partial charge >= 0.3 is 6.18 Å².